The number of halogens is 3. The highest BCUT2D eigenvalue weighted by Crippen LogP contribution is 2.31. The number of aryl methyl sites for hydroxylation is 1. The van der Waals surface area contributed by atoms with E-state index in [2.05, 4.69) is 20.4 Å². The summed E-state index contributed by atoms with van der Waals surface area (Å²) in [4.78, 5) is 29.9. The summed E-state index contributed by atoms with van der Waals surface area (Å²) in [5.41, 5.74) is 3.98. The Bertz CT molecular complexity index is 790. The van der Waals surface area contributed by atoms with Gasteiger partial charge >= 0.3 is 6.18 Å². The highest BCUT2D eigenvalue weighted by molar-refractivity contribution is 5.84. The molecule has 9 nitrogen and oxygen atoms in total. The lowest BCUT2D eigenvalue weighted by Gasteiger charge is -2.06. The molecule has 2 aromatic rings. The van der Waals surface area contributed by atoms with Gasteiger partial charge < -0.3 is 15.8 Å². The fourth-order valence-electron chi connectivity index (χ4n) is 1.72. The largest absolute Gasteiger partial charge is 0.435 e. The quantitative estimate of drug-likeness (QED) is 0.758. The molecule has 0 aliphatic carbocycles. The average molecular weight is 358 g/mol. The second-order valence-corrected chi connectivity index (χ2v) is 4.86. The number of nitrogens with zero attached hydrogens (tertiary/aromatic N) is 4. The molecule has 25 heavy (non-hydrogen) atoms. The van der Waals surface area contributed by atoms with E-state index in [-0.39, 0.29) is 30.4 Å². The summed E-state index contributed by atoms with van der Waals surface area (Å²) in [6, 6.07) is 0.716. The summed E-state index contributed by atoms with van der Waals surface area (Å²) < 4.78 is 44.0. The van der Waals surface area contributed by atoms with Gasteiger partial charge in [-0.3, -0.25) is 14.6 Å². The minimum absolute atomic E-state index is 0.114. The third kappa shape index (κ3) is 5.16. The van der Waals surface area contributed by atoms with E-state index in [0.717, 1.165) is 4.68 Å². The molecule has 134 valence electrons. The van der Waals surface area contributed by atoms with E-state index >= 15 is 0 Å². The first-order valence-corrected chi connectivity index (χ1v) is 6.80. The summed E-state index contributed by atoms with van der Waals surface area (Å²) in [7, 11) is 1.28. The average Bonchev–Trinajstić information content (AvgIpc) is 2.87. The predicted octanol–water partition coefficient (Wildman–Crippen LogP) is 0.165. The number of hydrogen-bond acceptors (Lipinski definition) is 6. The van der Waals surface area contributed by atoms with Crippen LogP contribution in [0.15, 0.2) is 18.5 Å². The predicted molar refractivity (Wildman–Crippen MR) is 76.2 cm³/mol. The summed E-state index contributed by atoms with van der Waals surface area (Å²) in [6.45, 7) is -0.322. The van der Waals surface area contributed by atoms with Crippen LogP contribution in [0, 0.1) is 0 Å². The minimum atomic E-state index is -4.61. The molecule has 0 unspecified atom stereocenters. The molecule has 2 heterocycles. The molecule has 0 atom stereocenters. The molecular weight excluding hydrogens is 345 g/mol. The molecule has 0 saturated carbocycles. The second kappa shape index (κ2) is 7.15. The van der Waals surface area contributed by atoms with Crippen molar-refractivity contribution < 1.29 is 27.5 Å². The third-order valence-electron chi connectivity index (χ3n) is 2.80. The molecular formula is C13H13F3N6O3. The highest BCUT2D eigenvalue weighted by Gasteiger charge is 2.35. The van der Waals surface area contributed by atoms with Gasteiger partial charge in [-0.1, -0.05) is 0 Å². The Morgan fingerprint density at radius 1 is 1.36 bits per heavy atom. The van der Waals surface area contributed by atoms with Crippen LogP contribution in [0.4, 0.5) is 13.2 Å². The zero-order valence-corrected chi connectivity index (χ0v) is 12.9. The molecule has 2 amide bonds. The molecule has 0 aromatic carbocycles. The van der Waals surface area contributed by atoms with Gasteiger partial charge in [-0.25, -0.2) is 9.67 Å². The van der Waals surface area contributed by atoms with Crippen LogP contribution in [0.2, 0.25) is 0 Å². The number of alkyl halides is 3. The Morgan fingerprint density at radius 2 is 2.08 bits per heavy atom. The summed E-state index contributed by atoms with van der Waals surface area (Å²) in [6.07, 6.45) is -2.37. The van der Waals surface area contributed by atoms with Gasteiger partial charge in [0.15, 0.2) is 5.69 Å². The first kappa shape index (κ1) is 18.2. The van der Waals surface area contributed by atoms with Crippen molar-refractivity contribution in [2.24, 2.45) is 12.8 Å². The van der Waals surface area contributed by atoms with Crippen molar-refractivity contribution in [2.75, 3.05) is 6.54 Å². The van der Waals surface area contributed by atoms with Gasteiger partial charge in [0.25, 0.3) is 0 Å². The molecule has 2 aromatic heterocycles. The number of aromatic nitrogens is 4. The standard InChI is InChI=1S/C13H13F3N6O3/c1-22-12(3-8(21-22)13(14,15)16)25-11-6-18-4-7(20-11)2-10(24)19-5-9(17)23/h3-4,6H,2,5H2,1H3,(H2,17,23)(H,19,24). The third-order valence-corrected chi connectivity index (χ3v) is 2.80. The lowest BCUT2D eigenvalue weighted by Crippen LogP contribution is -2.34. The number of nitrogens with one attached hydrogen (secondary N) is 1. The summed E-state index contributed by atoms with van der Waals surface area (Å²) in [5, 5.41) is 5.57. The van der Waals surface area contributed by atoms with Gasteiger partial charge in [0.2, 0.25) is 23.6 Å². The van der Waals surface area contributed by atoms with Crippen LogP contribution < -0.4 is 15.8 Å². The Kier molecular flexibility index (Phi) is 5.20. The lowest BCUT2D eigenvalue weighted by atomic mass is 10.3. The van der Waals surface area contributed by atoms with Gasteiger partial charge in [-0.15, -0.1) is 0 Å². The Morgan fingerprint density at radius 3 is 2.68 bits per heavy atom. The van der Waals surface area contributed by atoms with Crippen LogP contribution in [0.25, 0.3) is 0 Å². The summed E-state index contributed by atoms with van der Waals surface area (Å²) in [5.74, 6) is -1.53. The number of carbonyl (C=O) groups excluding carboxylic acids is 2. The van der Waals surface area contributed by atoms with Crippen molar-refractivity contribution in [2.45, 2.75) is 12.6 Å². The van der Waals surface area contributed by atoms with Gasteiger partial charge in [0, 0.05) is 19.3 Å². The number of ether oxygens (including phenoxy) is 1. The number of rotatable bonds is 6. The van der Waals surface area contributed by atoms with Crippen molar-refractivity contribution in [3.05, 3.63) is 29.8 Å². The van der Waals surface area contributed by atoms with Crippen LogP contribution in [0.5, 0.6) is 11.8 Å². The molecule has 12 heteroatoms. The molecule has 0 spiro atoms. The molecule has 0 aliphatic rings. The lowest BCUT2D eigenvalue weighted by molar-refractivity contribution is -0.141. The maximum atomic E-state index is 12.6. The number of primary amides is 1. The fourth-order valence-corrected chi connectivity index (χ4v) is 1.72. The molecule has 0 aliphatic heterocycles. The van der Waals surface area contributed by atoms with Crippen LogP contribution in [0.3, 0.4) is 0 Å². The van der Waals surface area contributed by atoms with Crippen molar-refractivity contribution >= 4 is 11.8 Å². The molecule has 0 saturated heterocycles. The van der Waals surface area contributed by atoms with Crippen LogP contribution >= 0.6 is 0 Å². The maximum Gasteiger partial charge on any atom is 0.435 e. The maximum absolute atomic E-state index is 12.6. The smallest absolute Gasteiger partial charge is 0.419 e. The van der Waals surface area contributed by atoms with E-state index < -0.39 is 23.7 Å². The van der Waals surface area contributed by atoms with Crippen LogP contribution in [0.1, 0.15) is 11.4 Å². The highest BCUT2D eigenvalue weighted by atomic mass is 19.4. The van der Waals surface area contributed by atoms with Crippen molar-refractivity contribution in [1.82, 2.24) is 25.1 Å². The number of nitrogens with two attached hydrogens (primary N) is 1. The van der Waals surface area contributed by atoms with Crippen molar-refractivity contribution in [3.8, 4) is 11.8 Å². The van der Waals surface area contributed by atoms with Crippen molar-refractivity contribution in [1.29, 1.82) is 0 Å². The second-order valence-electron chi connectivity index (χ2n) is 4.86. The van der Waals surface area contributed by atoms with Crippen molar-refractivity contribution in [3.63, 3.8) is 0 Å². The van der Waals surface area contributed by atoms with Gasteiger partial charge in [0.05, 0.1) is 24.9 Å². The summed E-state index contributed by atoms with van der Waals surface area (Å²) >= 11 is 0. The van der Waals surface area contributed by atoms with Gasteiger partial charge in [0.1, 0.15) is 0 Å². The van der Waals surface area contributed by atoms with Gasteiger partial charge in [-0.2, -0.15) is 18.3 Å². The van der Waals surface area contributed by atoms with E-state index in [1.807, 2.05) is 0 Å². The minimum Gasteiger partial charge on any atom is -0.419 e. The molecule has 3 N–H and O–H groups in total. The number of hydrogen-bond donors (Lipinski definition) is 2. The van der Waals surface area contributed by atoms with Crippen LogP contribution in [-0.2, 0) is 29.2 Å². The first-order chi connectivity index (χ1) is 11.6. The van der Waals surface area contributed by atoms with Crippen LogP contribution in [-0.4, -0.2) is 38.1 Å². The normalized spacial score (nSPS) is 11.2. The number of carbonyl (C=O) groups is 2. The van der Waals surface area contributed by atoms with E-state index in [4.69, 9.17) is 10.5 Å². The Labute approximate surface area is 139 Å². The Hall–Kier alpha value is -3.18. The molecule has 0 fully saturated rings. The molecule has 0 bridgehead atoms. The molecule has 2 rings (SSSR count). The van der Waals surface area contributed by atoms with E-state index in [1.165, 1.54) is 19.4 Å². The van der Waals surface area contributed by atoms with E-state index in [9.17, 15) is 22.8 Å². The topological polar surface area (TPSA) is 125 Å². The molecule has 0 radical (unpaired) electrons. The fraction of sp³-hybridized carbons (Fsp3) is 0.308. The monoisotopic (exact) mass is 358 g/mol. The van der Waals surface area contributed by atoms with Gasteiger partial charge in [-0.05, 0) is 0 Å². The zero-order chi connectivity index (χ0) is 18.6. The van der Waals surface area contributed by atoms with E-state index in [1.54, 1.807) is 0 Å². The SMILES string of the molecule is Cn1nc(C(F)(F)F)cc1Oc1cncc(CC(=O)NCC(N)=O)n1. The first-order valence-electron chi connectivity index (χ1n) is 6.80. The Balaban J connectivity index is 2.08. The number of amides is 2. The zero-order valence-electron chi connectivity index (χ0n) is 12.9. The van der Waals surface area contributed by atoms with E-state index in [0.29, 0.717) is 6.07 Å².